The lowest BCUT2D eigenvalue weighted by molar-refractivity contribution is -0.144. The number of rotatable bonds is 19. The van der Waals surface area contributed by atoms with Gasteiger partial charge in [0.05, 0.1) is 17.8 Å². The molecule has 2 heterocycles. The molecule has 6 rings (SSSR count). The lowest BCUT2D eigenvalue weighted by Crippen LogP contribution is -2.26. The number of carbonyl (C=O) groups is 1. The number of esters is 1. The molecule has 6 atom stereocenters. The number of aliphatic hydroxyl groups is 3. The molecule has 6 unspecified atom stereocenters. The largest absolute Gasteiger partial charge is 0.491 e. The van der Waals surface area contributed by atoms with Crippen LogP contribution in [0.1, 0.15) is 55.2 Å². The van der Waals surface area contributed by atoms with Gasteiger partial charge in [0.25, 0.3) is 0 Å². The van der Waals surface area contributed by atoms with Gasteiger partial charge in [-0.25, -0.2) is 0 Å². The Bertz CT molecular complexity index is 2040. The van der Waals surface area contributed by atoms with Gasteiger partial charge in [0, 0.05) is 73.3 Å². The first-order valence-electron chi connectivity index (χ1n) is 20.3. The van der Waals surface area contributed by atoms with Crippen molar-refractivity contribution in [1.82, 2.24) is 9.88 Å². The maximum atomic E-state index is 13.0. The number of likely N-dealkylation sites (tertiary alicyclic amines) is 1. The zero-order valence-corrected chi connectivity index (χ0v) is 33.3. The van der Waals surface area contributed by atoms with E-state index in [1.807, 2.05) is 37.5 Å². The van der Waals surface area contributed by atoms with Gasteiger partial charge in [-0.15, -0.1) is 0 Å². The monoisotopic (exact) mass is 817 g/mol. The fraction of sp³-hybridized carbons (Fsp3) is 0.435. The summed E-state index contributed by atoms with van der Waals surface area (Å²) in [6.45, 7) is 4.86. The van der Waals surface area contributed by atoms with Crippen LogP contribution in [0.15, 0.2) is 103 Å². The molecule has 13 heteroatoms. The summed E-state index contributed by atoms with van der Waals surface area (Å²) in [5.74, 6) is -0.271. The van der Waals surface area contributed by atoms with Crippen LogP contribution in [0.25, 0.3) is 10.8 Å². The Hall–Kier alpha value is -4.95. The number of benzene rings is 3. The molecule has 0 amide bonds. The van der Waals surface area contributed by atoms with Gasteiger partial charge >= 0.3 is 12.1 Å². The number of unbranched alkanes of at least 4 members (excludes halogenated alkanes) is 1. The number of nitrogens with zero attached hydrogens (tertiary/aromatic N) is 2. The third-order valence-electron chi connectivity index (χ3n) is 11.0. The van der Waals surface area contributed by atoms with E-state index in [4.69, 9.17) is 14.2 Å². The minimum atomic E-state index is -4.51. The minimum Gasteiger partial charge on any atom is -0.491 e. The highest BCUT2D eigenvalue weighted by Gasteiger charge is 2.39. The highest BCUT2D eigenvalue weighted by atomic mass is 19.4. The quantitative estimate of drug-likeness (QED) is 0.0425. The molecule has 2 aliphatic rings. The van der Waals surface area contributed by atoms with Crippen molar-refractivity contribution in [3.05, 3.63) is 120 Å². The van der Waals surface area contributed by atoms with Gasteiger partial charge in [0.1, 0.15) is 37.4 Å². The Labute approximate surface area is 343 Å². The summed E-state index contributed by atoms with van der Waals surface area (Å²) in [5.41, 5.74) is 2.46. The zero-order chi connectivity index (χ0) is 41.8. The molecule has 1 aliphatic heterocycles. The minimum absolute atomic E-state index is 0.0196. The molecule has 0 radical (unpaired) electrons. The average Bonchev–Trinajstić information content (AvgIpc) is 3.77. The van der Waals surface area contributed by atoms with E-state index in [0.29, 0.717) is 25.3 Å². The number of alkyl halides is 3. The lowest BCUT2D eigenvalue weighted by atomic mass is 9.89. The number of aliphatic hydroxyl groups excluding tert-OH is 3. The predicted molar refractivity (Wildman–Crippen MR) is 220 cm³/mol. The Kier molecular flexibility index (Phi) is 15.4. The van der Waals surface area contributed by atoms with Gasteiger partial charge in [-0.3, -0.25) is 14.7 Å². The van der Waals surface area contributed by atoms with E-state index >= 15 is 0 Å². The van der Waals surface area contributed by atoms with Crippen molar-refractivity contribution < 1.29 is 47.5 Å². The van der Waals surface area contributed by atoms with E-state index in [2.05, 4.69) is 51.6 Å². The molecule has 0 bridgehead atoms. The summed E-state index contributed by atoms with van der Waals surface area (Å²) >= 11 is 0. The summed E-state index contributed by atoms with van der Waals surface area (Å²) in [6.07, 6.45) is 6.62. The second-order valence-electron chi connectivity index (χ2n) is 15.4. The van der Waals surface area contributed by atoms with E-state index < -0.39 is 36.0 Å². The van der Waals surface area contributed by atoms with Crippen LogP contribution in [0.3, 0.4) is 0 Å². The van der Waals surface area contributed by atoms with Crippen LogP contribution in [0, 0.1) is 18.8 Å². The smallest absolute Gasteiger partial charge is 0.416 e. The van der Waals surface area contributed by atoms with Crippen molar-refractivity contribution in [1.29, 1.82) is 0 Å². The molecule has 2 fully saturated rings. The number of hydrogen-bond acceptors (Lipinski definition) is 10. The number of carbonyl (C=O) groups excluding carboxylic acids is 1. The molecule has 1 saturated heterocycles. The molecule has 1 aliphatic carbocycles. The Balaban J connectivity index is 0.851. The third-order valence-corrected chi connectivity index (χ3v) is 11.0. The van der Waals surface area contributed by atoms with Crippen LogP contribution in [0.5, 0.6) is 11.5 Å². The normalized spacial score (nSPS) is 21.7. The molecule has 1 aromatic heterocycles. The fourth-order valence-electron chi connectivity index (χ4n) is 7.80. The van der Waals surface area contributed by atoms with Crippen LogP contribution < -0.4 is 14.8 Å². The van der Waals surface area contributed by atoms with Crippen LogP contribution in [0.4, 0.5) is 18.9 Å². The molecule has 4 aromatic rings. The Morgan fingerprint density at radius 1 is 1.03 bits per heavy atom. The summed E-state index contributed by atoms with van der Waals surface area (Å²) in [5, 5.41) is 37.5. The Morgan fingerprint density at radius 3 is 2.73 bits per heavy atom. The topological polar surface area (TPSA) is 134 Å². The van der Waals surface area contributed by atoms with Crippen LogP contribution in [-0.4, -0.2) is 88.4 Å². The van der Waals surface area contributed by atoms with E-state index in [1.54, 1.807) is 6.08 Å². The molecule has 10 nitrogen and oxygen atoms in total. The second kappa shape index (κ2) is 20.8. The molecular formula is C46H54F3N3O7. The van der Waals surface area contributed by atoms with E-state index in [0.717, 1.165) is 66.1 Å². The van der Waals surface area contributed by atoms with E-state index in [1.165, 1.54) is 23.6 Å². The van der Waals surface area contributed by atoms with Crippen LogP contribution >= 0.6 is 0 Å². The highest BCUT2D eigenvalue weighted by molar-refractivity contribution is 5.93. The summed E-state index contributed by atoms with van der Waals surface area (Å²) < 4.78 is 55.7. The summed E-state index contributed by atoms with van der Waals surface area (Å²) in [4.78, 5) is 19.1. The number of hydrogen-bond donors (Lipinski definition) is 4. The van der Waals surface area contributed by atoms with Crippen molar-refractivity contribution in [2.24, 2.45) is 11.8 Å². The molecule has 59 heavy (non-hydrogen) atoms. The predicted octanol–water partition coefficient (Wildman–Crippen LogP) is 7.64. The van der Waals surface area contributed by atoms with Gasteiger partial charge in [-0.2, -0.15) is 13.2 Å². The summed E-state index contributed by atoms with van der Waals surface area (Å²) in [7, 11) is 0. The third kappa shape index (κ3) is 12.8. The molecule has 4 N–H and O–H groups in total. The molecule has 1 saturated carbocycles. The van der Waals surface area contributed by atoms with Gasteiger partial charge in [0.2, 0.25) is 0 Å². The van der Waals surface area contributed by atoms with E-state index in [9.17, 15) is 33.3 Å². The zero-order valence-electron chi connectivity index (χ0n) is 33.3. The van der Waals surface area contributed by atoms with Crippen molar-refractivity contribution in [3.8, 4) is 11.5 Å². The van der Waals surface area contributed by atoms with Gasteiger partial charge in [0.15, 0.2) is 0 Å². The number of aryl methyl sites for hydroxylation is 1. The molecular weight excluding hydrogens is 764 g/mol. The highest BCUT2D eigenvalue weighted by Crippen LogP contribution is 2.37. The first-order chi connectivity index (χ1) is 28.4. The number of halogens is 3. The maximum absolute atomic E-state index is 13.0. The number of nitrogens with one attached hydrogen (secondary N) is 1. The molecule has 0 spiro atoms. The van der Waals surface area contributed by atoms with Gasteiger partial charge in [-0.1, -0.05) is 54.6 Å². The second-order valence-corrected chi connectivity index (χ2v) is 15.4. The number of fused-ring (bicyclic) bond motifs is 1. The van der Waals surface area contributed by atoms with Crippen molar-refractivity contribution >= 4 is 22.4 Å². The number of aromatic nitrogens is 1. The van der Waals surface area contributed by atoms with Crippen molar-refractivity contribution in [2.45, 2.75) is 82.5 Å². The standard InChI is InChI=1S/C46H54F3N3O7/c1-31-14-15-32(28-52-21-19-35(29-52)51-41-12-6-8-33-27-50-20-18-38(33)41)24-44(31)57-22-23-58-45(56)13-5-3-2-4-11-39-40(43(55)26-42(39)54)17-16-36(53)30-59-37-10-7-9-34(25-37)46(47,48)49/h2,4,6-10,12,14-18,20,24-25,27,35-36,39-40,42-43,51,53-55H,3,5,11,13,19,21-23,26,28-30H2,1H3. The first kappa shape index (κ1) is 43.6. The fourth-order valence-corrected chi connectivity index (χ4v) is 7.80. The molecule has 316 valence electrons. The van der Waals surface area contributed by atoms with Gasteiger partial charge in [-0.05, 0) is 86.1 Å². The van der Waals surface area contributed by atoms with Crippen LogP contribution in [0.2, 0.25) is 0 Å². The Morgan fingerprint density at radius 2 is 1.88 bits per heavy atom. The SMILES string of the molecule is Cc1ccc(CN2CCC(Nc3cccc4cnccc34)C2)cc1OCCOC(=O)CCCC=CCC1C(O)CC(O)C1C=CC(O)COc1cccc(C(F)(F)F)c1. The number of allylic oxidation sites excluding steroid dienone is 2. The van der Waals surface area contributed by atoms with Crippen molar-refractivity contribution in [2.75, 3.05) is 38.2 Å². The maximum Gasteiger partial charge on any atom is 0.416 e. The van der Waals surface area contributed by atoms with Gasteiger partial charge < -0.3 is 34.8 Å². The average molecular weight is 818 g/mol. The van der Waals surface area contributed by atoms with Crippen molar-refractivity contribution in [3.63, 3.8) is 0 Å². The summed E-state index contributed by atoms with van der Waals surface area (Å²) in [6, 6.07) is 19.3. The number of pyridine rings is 1. The molecule has 3 aromatic carbocycles. The first-order valence-corrected chi connectivity index (χ1v) is 20.3. The number of anilines is 1. The van der Waals surface area contributed by atoms with Crippen LogP contribution in [-0.2, 0) is 22.3 Å². The number of ether oxygens (including phenoxy) is 3. The van der Waals surface area contributed by atoms with E-state index in [-0.39, 0.29) is 50.3 Å². The lowest BCUT2D eigenvalue weighted by Gasteiger charge is -2.19.